The van der Waals surface area contributed by atoms with E-state index in [-0.39, 0.29) is 0 Å². The molecule has 3 rings (SSSR count). The topological polar surface area (TPSA) is 17.1 Å². The summed E-state index contributed by atoms with van der Waals surface area (Å²) in [5, 5.41) is 3.36. The van der Waals surface area contributed by atoms with Crippen LogP contribution >= 0.6 is 22.7 Å². The van der Waals surface area contributed by atoms with Crippen molar-refractivity contribution < 1.29 is 4.79 Å². The Morgan fingerprint density at radius 2 is 2.00 bits per heavy atom. The van der Waals surface area contributed by atoms with Gasteiger partial charge in [0.25, 0.3) is 0 Å². The van der Waals surface area contributed by atoms with Crippen LogP contribution in [0.25, 0.3) is 20.5 Å². The van der Waals surface area contributed by atoms with E-state index in [1.165, 1.54) is 27.0 Å². The zero-order valence-corrected chi connectivity index (χ0v) is 9.98. The summed E-state index contributed by atoms with van der Waals surface area (Å²) in [5.74, 6) is 0. The SMILES string of the molecule is O=Cc1ccc(-c2ccc3sccc3c2)s1. The molecule has 0 saturated carbocycles. The van der Waals surface area contributed by atoms with Gasteiger partial charge in [-0.3, -0.25) is 4.79 Å². The Morgan fingerprint density at radius 1 is 1.06 bits per heavy atom. The highest BCUT2D eigenvalue weighted by Gasteiger charge is 2.03. The summed E-state index contributed by atoms with van der Waals surface area (Å²) in [6, 6.07) is 12.4. The molecule has 0 aliphatic rings. The number of thiophene rings is 2. The molecular weight excluding hydrogens is 236 g/mol. The minimum atomic E-state index is 0.778. The van der Waals surface area contributed by atoms with Crippen molar-refractivity contribution in [1.29, 1.82) is 0 Å². The maximum absolute atomic E-state index is 10.6. The summed E-state index contributed by atoms with van der Waals surface area (Å²) in [7, 11) is 0. The van der Waals surface area contributed by atoms with Gasteiger partial charge in [-0.25, -0.2) is 0 Å². The number of aldehydes is 1. The molecule has 0 bridgehead atoms. The first-order valence-corrected chi connectivity index (χ1v) is 6.59. The molecule has 0 spiro atoms. The molecule has 2 heterocycles. The lowest BCUT2D eigenvalue weighted by Crippen LogP contribution is -1.70. The first-order chi connectivity index (χ1) is 7.86. The fraction of sp³-hybridized carbons (Fsp3) is 0. The van der Waals surface area contributed by atoms with Crippen molar-refractivity contribution in [3.05, 3.63) is 46.7 Å². The highest BCUT2D eigenvalue weighted by molar-refractivity contribution is 7.17. The quantitative estimate of drug-likeness (QED) is 0.609. The summed E-state index contributed by atoms with van der Waals surface area (Å²) < 4.78 is 1.30. The van der Waals surface area contributed by atoms with Crippen LogP contribution in [0.5, 0.6) is 0 Å². The number of carbonyl (C=O) groups excluding carboxylic acids is 1. The second-order valence-corrected chi connectivity index (χ2v) is 5.56. The Labute approximate surface area is 101 Å². The number of hydrogen-bond acceptors (Lipinski definition) is 3. The van der Waals surface area contributed by atoms with Gasteiger partial charge in [-0.15, -0.1) is 22.7 Å². The maximum atomic E-state index is 10.6. The van der Waals surface area contributed by atoms with Crippen LogP contribution in [-0.2, 0) is 0 Å². The first-order valence-electron chi connectivity index (χ1n) is 4.89. The normalized spacial score (nSPS) is 10.8. The molecule has 0 radical (unpaired) electrons. The smallest absolute Gasteiger partial charge is 0.160 e. The third-order valence-electron chi connectivity index (χ3n) is 2.48. The molecule has 0 aliphatic carbocycles. The lowest BCUT2D eigenvalue weighted by molar-refractivity contribution is 0.112. The van der Waals surface area contributed by atoms with Crippen molar-refractivity contribution in [2.45, 2.75) is 0 Å². The van der Waals surface area contributed by atoms with E-state index in [0.29, 0.717) is 0 Å². The average molecular weight is 244 g/mol. The molecule has 78 valence electrons. The number of fused-ring (bicyclic) bond motifs is 1. The van der Waals surface area contributed by atoms with E-state index in [4.69, 9.17) is 0 Å². The Morgan fingerprint density at radius 3 is 2.81 bits per heavy atom. The van der Waals surface area contributed by atoms with Crippen LogP contribution < -0.4 is 0 Å². The summed E-state index contributed by atoms with van der Waals surface area (Å²) >= 11 is 3.28. The Kier molecular flexibility index (Phi) is 2.35. The second kappa shape index (κ2) is 3.85. The fourth-order valence-electron chi connectivity index (χ4n) is 1.69. The molecule has 3 aromatic rings. The van der Waals surface area contributed by atoms with Crippen molar-refractivity contribution in [3.63, 3.8) is 0 Å². The van der Waals surface area contributed by atoms with Crippen molar-refractivity contribution >= 4 is 39.0 Å². The third kappa shape index (κ3) is 1.58. The monoisotopic (exact) mass is 244 g/mol. The zero-order chi connectivity index (χ0) is 11.0. The van der Waals surface area contributed by atoms with Crippen LogP contribution in [-0.4, -0.2) is 6.29 Å². The lowest BCUT2D eigenvalue weighted by Gasteiger charge is -1.97. The van der Waals surface area contributed by atoms with E-state index in [9.17, 15) is 4.79 Å². The Balaban J connectivity index is 2.13. The van der Waals surface area contributed by atoms with Gasteiger partial charge in [0.1, 0.15) is 0 Å². The molecule has 0 amide bonds. The van der Waals surface area contributed by atoms with E-state index >= 15 is 0 Å². The van der Waals surface area contributed by atoms with E-state index in [1.54, 1.807) is 11.3 Å². The Bertz CT molecular complexity index is 649. The maximum Gasteiger partial charge on any atom is 0.160 e. The average Bonchev–Trinajstić information content (AvgIpc) is 2.96. The summed E-state index contributed by atoms with van der Waals surface area (Å²) in [4.78, 5) is 12.6. The molecule has 1 nitrogen and oxygen atoms in total. The van der Waals surface area contributed by atoms with E-state index in [0.717, 1.165) is 16.0 Å². The van der Waals surface area contributed by atoms with Crippen LogP contribution in [0.1, 0.15) is 9.67 Å². The molecule has 0 saturated heterocycles. The second-order valence-electron chi connectivity index (χ2n) is 3.49. The minimum Gasteiger partial charge on any atom is -0.297 e. The van der Waals surface area contributed by atoms with Gasteiger partial charge in [-0.1, -0.05) is 6.07 Å². The van der Waals surface area contributed by atoms with Crippen LogP contribution in [0.15, 0.2) is 41.8 Å². The van der Waals surface area contributed by atoms with Gasteiger partial charge in [0.15, 0.2) is 6.29 Å². The fourth-order valence-corrected chi connectivity index (χ4v) is 3.28. The number of carbonyl (C=O) groups is 1. The number of benzene rings is 1. The number of rotatable bonds is 2. The molecule has 1 aromatic carbocycles. The molecule has 0 aliphatic heterocycles. The largest absolute Gasteiger partial charge is 0.297 e. The summed E-state index contributed by atoms with van der Waals surface area (Å²) in [6.07, 6.45) is 0.900. The van der Waals surface area contributed by atoms with Crippen LogP contribution in [0.4, 0.5) is 0 Å². The Hall–Kier alpha value is -1.45. The standard InChI is InChI=1S/C13H8OS2/c14-8-11-2-4-13(16-11)9-1-3-12-10(7-9)5-6-15-12/h1-8H. The van der Waals surface area contributed by atoms with Gasteiger partial charge >= 0.3 is 0 Å². The van der Waals surface area contributed by atoms with Gasteiger partial charge < -0.3 is 0 Å². The number of hydrogen-bond donors (Lipinski definition) is 0. The van der Waals surface area contributed by atoms with Crippen molar-refractivity contribution in [1.82, 2.24) is 0 Å². The third-order valence-corrected chi connectivity index (χ3v) is 4.44. The molecule has 0 atom stereocenters. The predicted molar refractivity (Wildman–Crippen MR) is 70.5 cm³/mol. The highest BCUT2D eigenvalue weighted by atomic mass is 32.1. The first kappa shape index (κ1) is 9.75. The van der Waals surface area contributed by atoms with Crippen molar-refractivity contribution in [2.24, 2.45) is 0 Å². The van der Waals surface area contributed by atoms with E-state index < -0.39 is 0 Å². The molecule has 0 unspecified atom stereocenters. The van der Waals surface area contributed by atoms with E-state index in [2.05, 4.69) is 29.6 Å². The van der Waals surface area contributed by atoms with Gasteiger partial charge in [-0.05, 0) is 46.7 Å². The van der Waals surface area contributed by atoms with Crippen molar-refractivity contribution in [3.8, 4) is 10.4 Å². The van der Waals surface area contributed by atoms with E-state index in [1.807, 2.05) is 12.1 Å². The summed E-state index contributed by atoms with van der Waals surface area (Å²) in [6.45, 7) is 0. The van der Waals surface area contributed by atoms with Gasteiger partial charge in [-0.2, -0.15) is 0 Å². The lowest BCUT2D eigenvalue weighted by atomic mass is 10.1. The minimum absolute atomic E-state index is 0.778. The van der Waals surface area contributed by atoms with Gasteiger partial charge in [0, 0.05) is 9.58 Å². The molecule has 16 heavy (non-hydrogen) atoms. The molecule has 2 aromatic heterocycles. The molecule has 0 fully saturated rings. The molecule has 3 heteroatoms. The van der Waals surface area contributed by atoms with Crippen LogP contribution in [0, 0.1) is 0 Å². The van der Waals surface area contributed by atoms with Gasteiger partial charge in [0.05, 0.1) is 4.88 Å². The van der Waals surface area contributed by atoms with Crippen molar-refractivity contribution in [2.75, 3.05) is 0 Å². The van der Waals surface area contributed by atoms with Crippen LogP contribution in [0.2, 0.25) is 0 Å². The van der Waals surface area contributed by atoms with Gasteiger partial charge in [0.2, 0.25) is 0 Å². The highest BCUT2D eigenvalue weighted by Crippen LogP contribution is 2.31. The molecular formula is C13H8OS2. The predicted octanol–water partition coefficient (Wildman–Crippen LogP) is 4.44. The zero-order valence-electron chi connectivity index (χ0n) is 8.34. The summed E-state index contributed by atoms with van der Waals surface area (Å²) in [5.41, 5.74) is 1.18. The molecule has 0 N–H and O–H groups in total. The van der Waals surface area contributed by atoms with Crippen LogP contribution in [0.3, 0.4) is 0 Å².